The molecule has 0 spiro atoms. The lowest BCUT2D eigenvalue weighted by Gasteiger charge is -2.11. The van der Waals surface area contributed by atoms with Crippen molar-refractivity contribution in [1.82, 2.24) is 9.97 Å². The second kappa shape index (κ2) is 7.07. The van der Waals surface area contributed by atoms with Gasteiger partial charge in [0.15, 0.2) is 11.7 Å². The first-order valence-electron chi connectivity index (χ1n) is 7.73. The van der Waals surface area contributed by atoms with Crippen molar-refractivity contribution in [1.29, 1.82) is 5.26 Å². The van der Waals surface area contributed by atoms with Gasteiger partial charge >= 0.3 is 0 Å². The van der Waals surface area contributed by atoms with Crippen molar-refractivity contribution in [3.63, 3.8) is 0 Å². The molecule has 0 aliphatic rings. The third kappa shape index (κ3) is 3.13. The highest BCUT2D eigenvalue weighted by Crippen LogP contribution is 2.26. The standard InChI is InChI=1S/C19H15N3O4/c1-25-12-7-11(8-13(9-12)26-2)17(23)15(10-20)18-21-16-6-4-3-5-14(16)19(24)22-18/h3-9,15H,1-2H3,(H,21,22,24). The van der Waals surface area contributed by atoms with E-state index in [0.29, 0.717) is 22.4 Å². The number of methoxy groups -OCH3 is 2. The van der Waals surface area contributed by atoms with E-state index in [1.165, 1.54) is 26.4 Å². The summed E-state index contributed by atoms with van der Waals surface area (Å²) in [6.45, 7) is 0. The summed E-state index contributed by atoms with van der Waals surface area (Å²) in [7, 11) is 2.93. The van der Waals surface area contributed by atoms with Crippen LogP contribution >= 0.6 is 0 Å². The van der Waals surface area contributed by atoms with Crippen LogP contribution in [0.1, 0.15) is 22.1 Å². The predicted molar refractivity (Wildman–Crippen MR) is 94.6 cm³/mol. The number of H-pyrrole nitrogens is 1. The Balaban J connectivity index is 2.08. The van der Waals surface area contributed by atoms with Gasteiger partial charge in [0, 0.05) is 11.6 Å². The fraction of sp³-hybridized carbons (Fsp3) is 0.158. The van der Waals surface area contributed by atoms with E-state index in [4.69, 9.17) is 9.47 Å². The number of fused-ring (bicyclic) bond motifs is 1. The molecule has 0 saturated carbocycles. The molecular formula is C19H15N3O4. The van der Waals surface area contributed by atoms with Crippen LogP contribution in [0.25, 0.3) is 10.9 Å². The molecule has 3 rings (SSSR count). The van der Waals surface area contributed by atoms with E-state index in [2.05, 4.69) is 9.97 Å². The summed E-state index contributed by atoms with van der Waals surface area (Å²) in [6, 6.07) is 13.3. The number of hydrogen-bond donors (Lipinski definition) is 1. The Kier molecular flexibility index (Phi) is 4.67. The molecule has 1 atom stereocenters. The Bertz CT molecular complexity index is 1060. The molecule has 1 N–H and O–H groups in total. The molecular weight excluding hydrogens is 334 g/mol. The topological polar surface area (TPSA) is 105 Å². The second-order valence-corrected chi connectivity index (χ2v) is 5.50. The van der Waals surface area contributed by atoms with Crippen LogP contribution in [0.2, 0.25) is 0 Å². The van der Waals surface area contributed by atoms with Crippen LogP contribution in [-0.2, 0) is 0 Å². The van der Waals surface area contributed by atoms with Crippen molar-refractivity contribution < 1.29 is 14.3 Å². The van der Waals surface area contributed by atoms with Gasteiger partial charge in [-0.3, -0.25) is 9.59 Å². The largest absolute Gasteiger partial charge is 0.497 e. The Morgan fingerprint density at radius 3 is 2.42 bits per heavy atom. The second-order valence-electron chi connectivity index (χ2n) is 5.50. The number of ketones is 1. The molecule has 0 fully saturated rings. The lowest BCUT2D eigenvalue weighted by Crippen LogP contribution is -2.19. The molecule has 0 aliphatic heterocycles. The fourth-order valence-corrected chi connectivity index (χ4v) is 2.60. The maximum Gasteiger partial charge on any atom is 0.258 e. The first-order chi connectivity index (χ1) is 12.6. The van der Waals surface area contributed by atoms with Crippen LogP contribution < -0.4 is 15.0 Å². The zero-order valence-corrected chi connectivity index (χ0v) is 14.1. The number of para-hydroxylation sites is 1. The Morgan fingerprint density at radius 1 is 1.15 bits per heavy atom. The van der Waals surface area contributed by atoms with E-state index in [1.54, 1.807) is 30.3 Å². The molecule has 1 heterocycles. The lowest BCUT2D eigenvalue weighted by atomic mass is 9.97. The number of nitriles is 1. The molecule has 130 valence electrons. The Labute approximate surface area is 148 Å². The number of ether oxygens (including phenoxy) is 2. The van der Waals surface area contributed by atoms with Gasteiger partial charge in [0.2, 0.25) is 0 Å². The molecule has 0 saturated heterocycles. The number of nitrogens with zero attached hydrogens (tertiary/aromatic N) is 2. The van der Waals surface area contributed by atoms with Gasteiger partial charge in [0.25, 0.3) is 5.56 Å². The molecule has 1 unspecified atom stereocenters. The third-order valence-electron chi connectivity index (χ3n) is 3.93. The summed E-state index contributed by atoms with van der Waals surface area (Å²) in [5.74, 6) is -0.927. The predicted octanol–water partition coefficient (Wildman–Crippen LogP) is 2.43. The van der Waals surface area contributed by atoms with E-state index in [0.717, 1.165) is 0 Å². The highest BCUT2D eigenvalue weighted by Gasteiger charge is 2.26. The van der Waals surface area contributed by atoms with E-state index < -0.39 is 17.3 Å². The number of Topliss-reactive ketones (excluding diaryl/α,β-unsaturated/α-hetero) is 1. The number of aromatic nitrogens is 2. The van der Waals surface area contributed by atoms with Crippen molar-refractivity contribution in [2.75, 3.05) is 14.2 Å². The highest BCUT2D eigenvalue weighted by molar-refractivity contribution is 6.03. The Hall–Kier alpha value is -3.66. The average molecular weight is 349 g/mol. The van der Waals surface area contributed by atoms with Gasteiger partial charge in [0.05, 0.1) is 31.2 Å². The van der Waals surface area contributed by atoms with Gasteiger partial charge in [-0.1, -0.05) is 12.1 Å². The molecule has 0 amide bonds. The van der Waals surface area contributed by atoms with E-state index in [9.17, 15) is 14.9 Å². The van der Waals surface area contributed by atoms with Gasteiger partial charge in [-0.25, -0.2) is 4.98 Å². The average Bonchev–Trinajstić information content (AvgIpc) is 2.68. The quantitative estimate of drug-likeness (QED) is 0.709. The smallest absolute Gasteiger partial charge is 0.258 e. The van der Waals surface area contributed by atoms with Crippen LogP contribution in [0.15, 0.2) is 47.3 Å². The van der Waals surface area contributed by atoms with Gasteiger partial charge in [0.1, 0.15) is 17.3 Å². The lowest BCUT2D eigenvalue weighted by molar-refractivity contribution is 0.0975. The SMILES string of the molecule is COc1cc(OC)cc(C(=O)C(C#N)c2nc3ccccc3c(=O)[nH]2)c1. The van der Waals surface area contributed by atoms with Crippen LogP contribution in [0, 0.1) is 11.3 Å². The zero-order valence-electron chi connectivity index (χ0n) is 14.1. The van der Waals surface area contributed by atoms with Crippen molar-refractivity contribution >= 4 is 16.7 Å². The van der Waals surface area contributed by atoms with Crippen molar-refractivity contribution in [2.24, 2.45) is 0 Å². The summed E-state index contributed by atoms with van der Waals surface area (Å²) < 4.78 is 10.3. The van der Waals surface area contributed by atoms with Gasteiger partial charge in [-0.15, -0.1) is 0 Å². The van der Waals surface area contributed by atoms with Crippen LogP contribution in [0.3, 0.4) is 0 Å². The summed E-state index contributed by atoms with van der Waals surface area (Å²) in [6.07, 6.45) is 0. The zero-order chi connectivity index (χ0) is 18.7. The van der Waals surface area contributed by atoms with Gasteiger partial charge in [-0.2, -0.15) is 5.26 Å². The van der Waals surface area contributed by atoms with E-state index in [1.807, 2.05) is 6.07 Å². The number of nitrogens with one attached hydrogen (secondary N) is 1. The molecule has 0 bridgehead atoms. The Morgan fingerprint density at radius 2 is 1.81 bits per heavy atom. The summed E-state index contributed by atoms with van der Waals surface area (Å²) in [4.78, 5) is 31.9. The monoisotopic (exact) mass is 349 g/mol. The molecule has 0 aliphatic carbocycles. The number of rotatable bonds is 5. The highest BCUT2D eigenvalue weighted by atomic mass is 16.5. The summed E-state index contributed by atoms with van der Waals surface area (Å²) >= 11 is 0. The fourth-order valence-electron chi connectivity index (χ4n) is 2.60. The number of aromatic amines is 1. The third-order valence-corrected chi connectivity index (χ3v) is 3.93. The normalized spacial score (nSPS) is 11.6. The summed E-state index contributed by atoms with van der Waals surface area (Å²) in [5.41, 5.74) is 0.243. The molecule has 1 aromatic heterocycles. The van der Waals surface area contributed by atoms with Crippen LogP contribution in [0.4, 0.5) is 0 Å². The number of carbonyl (C=O) groups is 1. The molecule has 26 heavy (non-hydrogen) atoms. The van der Waals surface area contributed by atoms with Crippen LogP contribution in [-0.4, -0.2) is 30.0 Å². The van der Waals surface area contributed by atoms with Gasteiger partial charge in [-0.05, 0) is 24.3 Å². The molecule has 7 heteroatoms. The minimum atomic E-state index is -1.26. The molecule has 0 radical (unpaired) electrons. The minimum Gasteiger partial charge on any atom is -0.497 e. The van der Waals surface area contributed by atoms with Crippen molar-refractivity contribution in [2.45, 2.75) is 5.92 Å². The first kappa shape index (κ1) is 17.2. The van der Waals surface area contributed by atoms with E-state index >= 15 is 0 Å². The molecule has 2 aromatic carbocycles. The number of hydrogen-bond acceptors (Lipinski definition) is 6. The molecule has 7 nitrogen and oxygen atoms in total. The maximum absolute atomic E-state index is 12.9. The summed E-state index contributed by atoms with van der Waals surface area (Å²) in [5, 5.41) is 9.92. The molecule has 3 aromatic rings. The van der Waals surface area contributed by atoms with E-state index in [-0.39, 0.29) is 11.4 Å². The van der Waals surface area contributed by atoms with Gasteiger partial charge < -0.3 is 14.5 Å². The van der Waals surface area contributed by atoms with Crippen LogP contribution in [0.5, 0.6) is 11.5 Å². The maximum atomic E-state index is 12.9. The number of benzene rings is 2. The van der Waals surface area contributed by atoms with Crippen molar-refractivity contribution in [3.05, 3.63) is 64.2 Å². The first-order valence-corrected chi connectivity index (χ1v) is 7.73. The minimum absolute atomic E-state index is 0.00277. The van der Waals surface area contributed by atoms with Crippen molar-refractivity contribution in [3.8, 4) is 17.6 Å². The number of carbonyl (C=O) groups excluding carboxylic acids is 1.